The molecule has 0 saturated heterocycles. The van der Waals surface area contributed by atoms with Crippen molar-refractivity contribution in [2.24, 2.45) is 0 Å². The van der Waals surface area contributed by atoms with Crippen LogP contribution in [0.4, 0.5) is 0 Å². The molecule has 3 aromatic rings. The molecule has 5 heteroatoms. The van der Waals surface area contributed by atoms with E-state index < -0.39 is 6.04 Å². The quantitative estimate of drug-likeness (QED) is 0.444. The summed E-state index contributed by atoms with van der Waals surface area (Å²) in [6, 6.07) is 22.9. The number of rotatable bonds is 10. The van der Waals surface area contributed by atoms with E-state index in [4.69, 9.17) is 4.74 Å². The molecule has 0 aliphatic heterocycles. The monoisotopic (exact) mass is 472 g/mol. The molecule has 1 N–H and O–H groups in total. The summed E-state index contributed by atoms with van der Waals surface area (Å²) in [7, 11) is 0. The number of hydrogen-bond acceptors (Lipinski definition) is 3. The number of nitrogens with one attached hydrogen (secondary N) is 1. The second-order valence-electron chi connectivity index (χ2n) is 9.36. The third-order valence-electron chi connectivity index (χ3n) is 6.08. The molecule has 0 aliphatic carbocycles. The Morgan fingerprint density at radius 1 is 0.857 bits per heavy atom. The summed E-state index contributed by atoms with van der Waals surface area (Å²) < 4.78 is 5.96. The number of benzene rings is 3. The summed E-state index contributed by atoms with van der Waals surface area (Å²) in [4.78, 5) is 28.7. The first-order valence-electron chi connectivity index (χ1n) is 12.1. The van der Waals surface area contributed by atoms with Crippen LogP contribution in [0.1, 0.15) is 41.7 Å². The normalized spacial score (nSPS) is 11.7. The van der Waals surface area contributed by atoms with E-state index in [1.165, 1.54) is 0 Å². The zero-order chi connectivity index (χ0) is 25.4. The highest BCUT2D eigenvalue weighted by atomic mass is 16.5. The highest BCUT2D eigenvalue weighted by Gasteiger charge is 2.31. The summed E-state index contributed by atoms with van der Waals surface area (Å²) >= 11 is 0. The van der Waals surface area contributed by atoms with Gasteiger partial charge in [0, 0.05) is 19.0 Å². The van der Waals surface area contributed by atoms with Gasteiger partial charge in [-0.3, -0.25) is 9.59 Å². The predicted octanol–water partition coefficient (Wildman–Crippen LogP) is 5.16. The first-order chi connectivity index (χ1) is 16.7. The number of aryl methyl sites for hydroxylation is 2. The molecule has 3 aromatic carbocycles. The number of ether oxygens (including phenoxy) is 1. The average Bonchev–Trinajstić information content (AvgIpc) is 2.83. The van der Waals surface area contributed by atoms with E-state index in [-0.39, 0.29) is 24.5 Å². The molecule has 0 aliphatic rings. The molecule has 3 rings (SSSR count). The van der Waals surface area contributed by atoms with Gasteiger partial charge in [-0.25, -0.2) is 0 Å². The lowest BCUT2D eigenvalue weighted by atomic mass is 10.0. The fourth-order valence-corrected chi connectivity index (χ4v) is 3.93. The molecule has 0 heterocycles. The molecular weight excluding hydrogens is 436 g/mol. The van der Waals surface area contributed by atoms with Gasteiger partial charge in [-0.2, -0.15) is 0 Å². The topological polar surface area (TPSA) is 58.6 Å². The van der Waals surface area contributed by atoms with E-state index in [0.29, 0.717) is 18.7 Å². The van der Waals surface area contributed by atoms with Gasteiger partial charge in [0.2, 0.25) is 5.91 Å². The molecule has 0 radical (unpaired) electrons. The lowest BCUT2D eigenvalue weighted by Gasteiger charge is -2.32. The fourth-order valence-electron chi connectivity index (χ4n) is 3.93. The molecule has 0 spiro atoms. The van der Waals surface area contributed by atoms with Crippen LogP contribution < -0.4 is 10.1 Å². The smallest absolute Gasteiger partial charge is 0.261 e. The van der Waals surface area contributed by atoms with Crippen molar-refractivity contribution in [3.8, 4) is 5.75 Å². The van der Waals surface area contributed by atoms with Crippen LogP contribution in [0.15, 0.2) is 72.8 Å². The molecule has 0 saturated carbocycles. The van der Waals surface area contributed by atoms with Crippen LogP contribution in [-0.2, 0) is 22.6 Å². The number of amides is 2. The Kier molecular flexibility index (Phi) is 9.07. The molecule has 0 aromatic heterocycles. The van der Waals surface area contributed by atoms with Gasteiger partial charge in [-0.1, -0.05) is 72.3 Å². The van der Waals surface area contributed by atoms with Crippen LogP contribution in [0.2, 0.25) is 0 Å². The van der Waals surface area contributed by atoms with Crippen LogP contribution in [0.5, 0.6) is 5.75 Å². The van der Waals surface area contributed by atoms with Crippen molar-refractivity contribution in [2.45, 2.75) is 59.7 Å². The standard InChI is InChI=1S/C30H36N2O3/c1-21(2)31-30(34)27(18-25-11-7-6-8-12-25)32(19-26-16-14-22(3)15-17-26)29(33)20-35-28-13-9-10-23(4)24(28)5/h6-17,21,27H,18-20H2,1-5H3,(H,31,34)/t27-/m1/s1. The van der Waals surface area contributed by atoms with Crippen molar-refractivity contribution in [3.63, 3.8) is 0 Å². The number of carbonyl (C=O) groups excluding carboxylic acids is 2. The van der Waals surface area contributed by atoms with Crippen LogP contribution in [0.25, 0.3) is 0 Å². The van der Waals surface area contributed by atoms with E-state index >= 15 is 0 Å². The minimum absolute atomic E-state index is 0.0386. The minimum atomic E-state index is -0.671. The lowest BCUT2D eigenvalue weighted by Crippen LogP contribution is -2.52. The summed E-state index contributed by atoms with van der Waals surface area (Å²) in [5, 5.41) is 3.01. The van der Waals surface area contributed by atoms with Gasteiger partial charge in [0.15, 0.2) is 6.61 Å². The highest BCUT2D eigenvalue weighted by Crippen LogP contribution is 2.21. The minimum Gasteiger partial charge on any atom is -0.483 e. The number of nitrogens with zero attached hydrogens (tertiary/aromatic N) is 1. The Balaban J connectivity index is 1.92. The maximum Gasteiger partial charge on any atom is 0.261 e. The Bertz CT molecular complexity index is 1120. The Morgan fingerprint density at radius 2 is 1.54 bits per heavy atom. The second-order valence-corrected chi connectivity index (χ2v) is 9.36. The van der Waals surface area contributed by atoms with Gasteiger partial charge in [0.1, 0.15) is 11.8 Å². The van der Waals surface area contributed by atoms with E-state index in [2.05, 4.69) is 5.32 Å². The highest BCUT2D eigenvalue weighted by molar-refractivity contribution is 5.88. The Morgan fingerprint density at radius 3 is 2.20 bits per heavy atom. The Labute approximate surface area is 209 Å². The SMILES string of the molecule is Cc1ccc(CN(C(=O)COc2cccc(C)c2C)[C@H](Cc2ccccc2)C(=O)NC(C)C)cc1. The summed E-state index contributed by atoms with van der Waals surface area (Å²) in [6.45, 7) is 10.0. The fraction of sp³-hybridized carbons (Fsp3) is 0.333. The molecule has 0 unspecified atom stereocenters. The molecular formula is C30H36N2O3. The zero-order valence-corrected chi connectivity index (χ0v) is 21.4. The molecule has 184 valence electrons. The molecule has 2 amide bonds. The Hall–Kier alpha value is -3.60. The summed E-state index contributed by atoms with van der Waals surface area (Å²) in [5.41, 5.74) is 5.21. The molecule has 5 nitrogen and oxygen atoms in total. The van der Waals surface area contributed by atoms with Gasteiger partial charge in [0.05, 0.1) is 0 Å². The van der Waals surface area contributed by atoms with Crippen LogP contribution in [0, 0.1) is 20.8 Å². The second kappa shape index (κ2) is 12.2. The van der Waals surface area contributed by atoms with Crippen molar-refractivity contribution >= 4 is 11.8 Å². The van der Waals surface area contributed by atoms with Gasteiger partial charge >= 0.3 is 0 Å². The molecule has 0 bridgehead atoms. The zero-order valence-electron chi connectivity index (χ0n) is 21.4. The van der Waals surface area contributed by atoms with Gasteiger partial charge in [-0.05, 0) is 62.9 Å². The predicted molar refractivity (Wildman–Crippen MR) is 140 cm³/mol. The summed E-state index contributed by atoms with van der Waals surface area (Å²) in [6.07, 6.45) is 0.417. The first kappa shape index (κ1) is 26.0. The van der Waals surface area contributed by atoms with Crippen molar-refractivity contribution in [1.29, 1.82) is 0 Å². The van der Waals surface area contributed by atoms with Crippen molar-refractivity contribution in [1.82, 2.24) is 10.2 Å². The van der Waals surface area contributed by atoms with Crippen molar-refractivity contribution in [3.05, 3.63) is 101 Å². The van der Waals surface area contributed by atoms with Crippen molar-refractivity contribution < 1.29 is 14.3 Å². The van der Waals surface area contributed by atoms with Crippen molar-refractivity contribution in [2.75, 3.05) is 6.61 Å². The number of hydrogen-bond donors (Lipinski definition) is 1. The van der Waals surface area contributed by atoms with Crippen LogP contribution in [-0.4, -0.2) is 35.4 Å². The molecule has 1 atom stereocenters. The van der Waals surface area contributed by atoms with E-state index in [1.54, 1.807) is 4.90 Å². The average molecular weight is 473 g/mol. The first-order valence-corrected chi connectivity index (χ1v) is 12.1. The van der Waals surface area contributed by atoms with Crippen LogP contribution in [0.3, 0.4) is 0 Å². The lowest BCUT2D eigenvalue weighted by molar-refractivity contribution is -0.143. The van der Waals surface area contributed by atoms with Gasteiger partial charge < -0.3 is 15.0 Å². The summed E-state index contributed by atoms with van der Waals surface area (Å²) in [5.74, 6) is 0.280. The molecule has 0 fully saturated rings. The van der Waals surface area contributed by atoms with Gasteiger partial charge in [-0.15, -0.1) is 0 Å². The third-order valence-corrected chi connectivity index (χ3v) is 6.08. The molecule has 35 heavy (non-hydrogen) atoms. The van der Waals surface area contributed by atoms with Crippen LogP contribution >= 0.6 is 0 Å². The maximum atomic E-state index is 13.6. The van der Waals surface area contributed by atoms with E-state index in [9.17, 15) is 9.59 Å². The van der Waals surface area contributed by atoms with E-state index in [0.717, 1.165) is 27.8 Å². The number of carbonyl (C=O) groups is 2. The van der Waals surface area contributed by atoms with E-state index in [1.807, 2.05) is 107 Å². The van der Waals surface area contributed by atoms with Gasteiger partial charge in [0.25, 0.3) is 5.91 Å². The third kappa shape index (κ3) is 7.44. The maximum absolute atomic E-state index is 13.6. The largest absolute Gasteiger partial charge is 0.483 e.